The van der Waals surface area contributed by atoms with Crippen molar-refractivity contribution in [2.24, 2.45) is 11.1 Å². The first kappa shape index (κ1) is 23.9. The standard InChI is InChI=1S/C25H31N7OS/c1-17(16-34-24-22(31-33)9-6-14-26-24)27-15-18-10-12-19(13-11-18)28-25-29-21-8-5-4-7-20(21)23(30-25)32(2)3/h4-9,14,18-19,27H,1,10-13,15-16H2,2-3H3,(H,28,29,30). The minimum absolute atomic E-state index is 0.374. The lowest BCUT2D eigenvalue weighted by molar-refractivity contribution is 0.331. The van der Waals surface area contributed by atoms with Crippen LogP contribution in [0.15, 0.2) is 65.1 Å². The van der Waals surface area contributed by atoms with Crippen LogP contribution in [0, 0.1) is 10.8 Å². The summed E-state index contributed by atoms with van der Waals surface area (Å²) in [6.45, 7) is 5.03. The highest BCUT2D eigenvalue weighted by molar-refractivity contribution is 7.99. The second-order valence-electron chi connectivity index (χ2n) is 8.84. The summed E-state index contributed by atoms with van der Waals surface area (Å²) in [5, 5.41) is 11.8. The Kier molecular flexibility index (Phi) is 7.95. The van der Waals surface area contributed by atoms with Crippen molar-refractivity contribution < 1.29 is 0 Å². The maximum absolute atomic E-state index is 10.9. The van der Waals surface area contributed by atoms with Crippen molar-refractivity contribution in [2.45, 2.75) is 36.8 Å². The van der Waals surface area contributed by atoms with Gasteiger partial charge in [0, 0.05) is 49.7 Å². The number of aromatic nitrogens is 3. The van der Waals surface area contributed by atoms with Gasteiger partial charge in [-0.3, -0.25) is 0 Å². The summed E-state index contributed by atoms with van der Waals surface area (Å²) in [6.07, 6.45) is 6.12. The Hall–Kier alpha value is -3.20. The number of fused-ring (bicyclic) bond motifs is 1. The van der Waals surface area contributed by atoms with Gasteiger partial charge in [0.25, 0.3) is 0 Å². The molecule has 2 aromatic heterocycles. The van der Waals surface area contributed by atoms with E-state index in [1.165, 1.54) is 11.8 Å². The fourth-order valence-electron chi connectivity index (χ4n) is 4.22. The van der Waals surface area contributed by atoms with Gasteiger partial charge in [-0.05, 0) is 61.0 Å². The van der Waals surface area contributed by atoms with Crippen LogP contribution >= 0.6 is 11.8 Å². The zero-order valence-corrected chi connectivity index (χ0v) is 20.5. The Labute approximate surface area is 204 Å². The van der Waals surface area contributed by atoms with Gasteiger partial charge in [-0.1, -0.05) is 30.5 Å². The van der Waals surface area contributed by atoms with Gasteiger partial charge in [0.1, 0.15) is 16.5 Å². The highest BCUT2D eigenvalue weighted by Crippen LogP contribution is 2.29. The van der Waals surface area contributed by atoms with Gasteiger partial charge < -0.3 is 15.5 Å². The highest BCUT2D eigenvalue weighted by Gasteiger charge is 2.22. The molecule has 1 aliphatic carbocycles. The normalized spacial score (nSPS) is 17.8. The minimum Gasteiger partial charge on any atom is -0.388 e. The lowest BCUT2D eigenvalue weighted by atomic mass is 9.86. The molecule has 1 saturated carbocycles. The Morgan fingerprint density at radius 3 is 2.71 bits per heavy atom. The van der Waals surface area contributed by atoms with Crippen LogP contribution in [0.2, 0.25) is 0 Å². The van der Waals surface area contributed by atoms with E-state index in [9.17, 15) is 4.91 Å². The van der Waals surface area contributed by atoms with Crippen molar-refractivity contribution in [3.63, 3.8) is 0 Å². The average Bonchev–Trinajstić information content (AvgIpc) is 2.86. The van der Waals surface area contributed by atoms with Gasteiger partial charge in [0.05, 0.1) is 5.52 Å². The molecule has 9 heteroatoms. The van der Waals surface area contributed by atoms with Gasteiger partial charge >= 0.3 is 0 Å². The van der Waals surface area contributed by atoms with Gasteiger partial charge in [-0.15, -0.1) is 4.91 Å². The molecular weight excluding hydrogens is 446 g/mol. The van der Waals surface area contributed by atoms with Crippen LogP contribution in [-0.4, -0.2) is 47.4 Å². The van der Waals surface area contributed by atoms with Crippen molar-refractivity contribution >= 4 is 40.1 Å². The Bertz CT molecular complexity index is 1150. The molecule has 0 unspecified atom stereocenters. The molecule has 0 saturated heterocycles. The average molecular weight is 478 g/mol. The van der Waals surface area contributed by atoms with Crippen LogP contribution in [0.5, 0.6) is 0 Å². The van der Waals surface area contributed by atoms with E-state index in [1.54, 1.807) is 18.3 Å². The Morgan fingerprint density at radius 1 is 1.15 bits per heavy atom. The third-order valence-electron chi connectivity index (χ3n) is 6.06. The van der Waals surface area contributed by atoms with Crippen molar-refractivity contribution in [1.29, 1.82) is 0 Å². The Morgan fingerprint density at radius 2 is 1.94 bits per heavy atom. The van der Waals surface area contributed by atoms with Crippen molar-refractivity contribution in [2.75, 3.05) is 36.6 Å². The van der Waals surface area contributed by atoms with Crippen molar-refractivity contribution in [3.05, 3.63) is 59.8 Å². The molecule has 1 fully saturated rings. The fourth-order valence-corrected chi connectivity index (χ4v) is 5.02. The number of nitrogens with one attached hydrogen (secondary N) is 2. The van der Waals surface area contributed by atoms with E-state index in [0.29, 0.717) is 34.4 Å². The monoisotopic (exact) mass is 477 g/mol. The molecule has 178 valence electrons. The van der Waals surface area contributed by atoms with E-state index in [0.717, 1.165) is 54.6 Å². The molecule has 3 aromatic rings. The summed E-state index contributed by atoms with van der Waals surface area (Å²) in [6, 6.07) is 11.9. The van der Waals surface area contributed by atoms with Crippen molar-refractivity contribution in [1.82, 2.24) is 20.3 Å². The first-order valence-corrected chi connectivity index (χ1v) is 12.6. The van der Waals surface area contributed by atoms with Crippen LogP contribution < -0.4 is 15.5 Å². The predicted molar refractivity (Wildman–Crippen MR) is 141 cm³/mol. The fraction of sp³-hybridized carbons (Fsp3) is 0.400. The van der Waals surface area contributed by atoms with E-state index >= 15 is 0 Å². The number of anilines is 2. The maximum Gasteiger partial charge on any atom is 0.225 e. The minimum atomic E-state index is 0.374. The van der Waals surface area contributed by atoms with E-state index in [2.05, 4.69) is 33.4 Å². The number of hydrogen-bond donors (Lipinski definition) is 2. The van der Waals surface area contributed by atoms with Crippen molar-refractivity contribution in [3.8, 4) is 0 Å². The smallest absolute Gasteiger partial charge is 0.225 e. The number of nitroso groups, excluding NO2 is 1. The summed E-state index contributed by atoms with van der Waals surface area (Å²) < 4.78 is 0. The summed E-state index contributed by atoms with van der Waals surface area (Å²) in [7, 11) is 4.02. The number of rotatable bonds is 10. The molecule has 2 N–H and O–H groups in total. The molecule has 2 heterocycles. The zero-order valence-electron chi connectivity index (χ0n) is 19.7. The third-order valence-corrected chi connectivity index (χ3v) is 7.14. The topological polar surface area (TPSA) is 95.4 Å². The first-order valence-electron chi connectivity index (χ1n) is 11.6. The molecule has 0 spiro atoms. The molecule has 34 heavy (non-hydrogen) atoms. The number of para-hydroxylation sites is 1. The van der Waals surface area contributed by atoms with Crippen LogP contribution in [-0.2, 0) is 0 Å². The number of hydrogen-bond acceptors (Lipinski definition) is 9. The lowest BCUT2D eigenvalue weighted by Crippen LogP contribution is -2.31. The molecule has 0 radical (unpaired) electrons. The van der Waals surface area contributed by atoms with E-state index in [4.69, 9.17) is 9.97 Å². The van der Waals surface area contributed by atoms with Gasteiger partial charge in [-0.2, -0.15) is 4.98 Å². The summed E-state index contributed by atoms with van der Waals surface area (Å²) in [4.78, 5) is 26.7. The molecule has 0 bridgehead atoms. The third kappa shape index (κ3) is 6.02. The predicted octanol–water partition coefficient (Wildman–Crippen LogP) is 5.36. The molecule has 1 aliphatic rings. The molecule has 0 atom stereocenters. The van der Waals surface area contributed by atoms with Crippen LogP contribution in [0.25, 0.3) is 10.9 Å². The second kappa shape index (κ2) is 11.3. The van der Waals surface area contributed by atoms with Gasteiger partial charge in [-0.25, -0.2) is 9.97 Å². The molecule has 1 aromatic carbocycles. The number of nitrogens with zero attached hydrogens (tertiary/aromatic N) is 5. The summed E-state index contributed by atoms with van der Waals surface area (Å²) >= 11 is 1.48. The molecule has 4 rings (SSSR count). The van der Waals surface area contributed by atoms with E-state index in [-0.39, 0.29) is 0 Å². The molecule has 0 amide bonds. The quantitative estimate of drug-likeness (QED) is 0.298. The summed E-state index contributed by atoms with van der Waals surface area (Å²) in [5.74, 6) is 2.90. The number of pyridine rings is 1. The van der Waals surface area contributed by atoms with Crippen LogP contribution in [0.3, 0.4) is 0 Å². The molecule has 0 aliphatic heterocycles. The van der Waals surface area contributed by atoms with Gasteiger partial charge in [0.2, 0.25) is 5.95 Å². The molecular formula is C25H31N7OS. The highest BCUT2D eigenvalue weighted by atomic mass is 32.2. The SMILES string of the molecule is C=C(CSc1ncccc1N=O)NCC1CCC(Nc2nc(N(C)C)c3ccccc3n2)CC1. The second-order valence-corrected chi connectivity index (χ2v) is 9.80. The van der Waals surface area contributed by atoms with E-state index < -0.39 is 0 Å². The number of thioether (sulfide) groups is 1. The zero-order chi connectivity index (χ0) is 23.9. The van der Waals surface area contributed by atoms with Gasteiger partial charge in [0.15, 0.2) is 0 Å². The maximum atomic E-state index is 10.9. The lowest BCUT2D eigenvalue weighted by Gasteiger charge is -2.30. The molecule has 8 nitrogen and oxygen atoms in total. The first-order chi connectivity index (χ1) is 16.5. The number of benzene rings is 1. The van der Waals surface area contributed by atoms with Crippen LogP contribution in [0.1, 0.15) is 25.7 Å². The van der Waals surface area contributed by atoms with Crippen LogP contribution in [0.4, 0.5) is 17.5 Å². The Balaban J connectivity index is 1.24. The van der Waals surface area contributed by atoms with E-state index in [1.807, 2.05) is 37.2 Å². The largest absolute Gasteiger partial charge is 0.388 e. The summed E-state index contributed by atoms with van der Waals surface area (Å²) in [5.41, 5.74) is 2.27.